The van der Waals surface area contributed by atoms with Gasteiger partial charge in [-0.2, -0.15) is 0 Å². The molecule has 3 amide bonds. The number of carbonyl (C=O) groups is 3. The van der Waals surface area contributed by atoms with Crippen molar-refractivity contribution in [3.05, 3.63) is 49.5 Å². The monoisotopic (exact) mass is 460 g/mol. The number of thiazole rings is 2. The minimum absolute atomic E-state index is 0.128. The second kappa shape index (κ2) is 8.19. The van der Waals surface area contributed by atoms with Crippen molar-refractivity contribution in [1.82, 2.24) is 30.9 Å². The number of rotatable bonds is 0. The highest BCUT2D eigenvalue weighted by Crippen LogP contribution is 2.23. The molecule has 0 spiro atoms. The van der Waals surface area contributed by atoms with Crippen LogP contribution in [0.4, 0.5) is 0 Å². The smallest absolute Gasteiger partial charge is 0.274 e. The summed E-state index contributed by atoms with van der Waals surface area (Å²) >= 11 is 2.55. The molecule has 31 heavy (non-hydrogen) atoms. The third kappa shape index (κ3) is 4.21. The van der Waals surface area contributed by atoms with Crippen LogP contribution >= 0.6 is 22.7 Å². The minimum Gasteiger partial charge on any atom is -0.443 e. The Kier molecular flexibility index (Phi) is 5.58. The van der Waals surface area contributed by atoms with Gasteiger partial charge in [0.15, 0.2) is 5.69 Å². The lowest BCUT2D eigenvalue weighted by Crippen LogP contribution is -2.30. The summed E-state index contributed by atoms with van der Waals surface area (Å²) in [5.41, 5.74) is 0.598. The molecule has 4 rings (SSSR count). The first kappa shape index (κ1) is 21.1. The molecular formula is C19H20N6O4S2. The fourth-order valence-electron chi connectivity index (χ4n) is 2.99. The molecule has 0 saturated carbocycles. The Balaban J connectivity index is 1.71. The van der Waals surface area contributed by atoms with Crippen LogP contribution < -0.4 is 16.0 Å². The van der Waals surface area contributed by atoms with E-state index in [1.54, 1.807) is 38.5 Å². The van der Waals surface area contributed by atoms with Crippen molar-refractivity contribution < 1.29 is 18.8 Å². The third-order valence-electron chi connectivity index (χ3n) is 4.69. The van der Waals surface area contributed by atoms with Gasteiger partial charge < -0.3 is 20.4 Å². The molecule has 6 bridgehead atoms. The first-order chi connectivity index (χ1) is 14.7. The van der Waals surface area contributed by atoms with Crippen LogP contribution in [-0.2, 0) is 0 Å². The number of oxazole rings is 1. The maximum atomic E-state index is 12.7. The van der Waals surface area contributed by atoms with Crippen molar-refractivity contribution in [3.63, 3.8) is 0 Å². The first-order valence-electron chi connectivity index (χ1n) is 9.53. The van der Waals surface area contributed by atoms with E-state index in [4.69, 9.17) is 4.42 Å². The number of nitrogens with zero attached hydrogens (tertiary/aromatic N) is 3. The number of aromatic nitrogens is 3. The van der Waals surface area contributed by atoms with Gasteiger partial charge in [0.05, 0.1) is 12.1 Å². The van der Waals surface area contributed by atoms with Crippen LogP contribution in [0.15, 0.2) is 15.2 Å². The van der Waals surface area contributed by atoms with E-state index >= 15 is 0 Å². The van der Waals surface area contributed by atoms with Gasteiger partial charge in [-0.1, -0.05) is 0 Å². The van der Waals surface area contributed by atoms with E-state index in [9.17, 15) is 14.4 Å². The van der Waals surface area contributed by atoms with Crippen LogP contribution in [-0.4, -0.2) is 32.7 Å². The van der Waals surface area contributed by atoms with Gasteiger partial charge in [-0.25, -0.2) is 15.0 Å². The van der Waals surface area contributed by atoms with Crippen molar-refractivity contribution in [3.8, 4) is 0 Å². The van der Waals surface area contributed by atoms with E-state index in [-0.39, 0.29) is 28.9 Å². The van der Waals surface area contributed by atoms with E-state index in [2.05, 4.69) is 30.9 Å². The van der Waals surface area contributed by atoms with E-state index in [1.165, 1.54) is 22.7 Å². The molecule has 3 aromatic rings. The predicted octanol–water partition coefficient (Wildman–Crippen LogP) is 2.68. The molecule has 3 aromatic heterocycles. The molecule has 1 aliphatic rings. The summed E-state index contributed by atoms with van der Waals surface area (Å²) in [5.74, 6) is -0.644. The first-order valence-corrected chi connectivity index (χ1v) is 11.3. The Labute approximate surface area is 185 Å². The second-order valence-electron chi connectivity index (χ2n) is 7.18. The number of fused-ring (bicyclic) bond motifs is 6. The van der Waals surface area contributed by atoms with Crippen LogP contribution in [0.5, 0.6) is 0 Å². The molecule has 0 unspecified atom stereocenters. The number of hydrogen-bond donors (Lipinski definition) is 3. The highest BCUT2D eigenvalue weighted by molar-refractivity contribution is 7.10. The van der Waals surface area contributed by atoms with E-state index < -0.39 is 29.9 Å². The Bertz CT molecular complexity index is 1170. The van der Waals surface area contributed by atoms with Crippen molar-refractivity contribution in [1.29, 1.82) is 0 Å². The quantitative estimate of drug-likeness (QED) is 0.469. The standard InChI is InChI=1S/C19H20N6O4S2/c1-7-17-25-13(10(4)29-17)16(28)22-9(3)19-24-12(6-31-19)15(27)21-8(2)18-23-11(5-30-18)14(26)20-7/h5-9H,1-4H3,(H,20,26)(H,21,27)(H,22,28)/t7-,8+,9-/m0/s1. The molecule has 10 nitrogen and oxygen atoms in total. The van der Waals surface area contributed by atoms with Gasteiger partial charge in [0.2, 0.25) is 5.89 Å². The number of amides is 3. The Morgan fingerprint density at radius 2 is 1.26 bits per heavy atom. The van der Waals surface area contributed by atoms with Crippen molar-refractivity contribution in [2.45, 2.75) is 45.8 Å². The number of carbonyl (C=O) groups excluding carboxylic acids is 3. The zero-order valence-corrected chi connectivity index (χ0v) is 18.8. The highest BCUT2D eigenvalue weighted by Gasteiger charge is 2.26. The summed E-state index contributed by atoms with van der Waals surface area (Å²) in [4.78, 5) is 50.9. The summed E-state index contributed by atoms with van der Waals surface area (Å²) < 4.78 is 5.62. The fourth-order valence-corrected chi connectivity index (χ4v) is 4.60. The summed E-state index contributed by atoms with van der Waals surface area (Å²) in [6, 6.07) is -1.42. The predicted molar refractivity (Wildman–Crippen MR) is 113 cm³/mol. The summed E-state index contributed by atoms with van der Waals surface area (Å²) in [5, 5.41) is 12.9. The highest BCUT2D eigenvalue weighted by atomic mass is 32.1. The Morgan fingerprint density at radius 1 is 0.774 bits per heavy atom. The van der Waals surface area contributed by atoms with E-state index in [1.807, 2.05) is 0 Å². The molecule has 3 atom stereocenters. The fraction of sp³-hybridized carbons (Fsp3) is 0.368. The molecule has 3 N–H and O–H groups in total. The third-order valence-corrected chi connectivity index (χ3v) is 6.75. The van der Waals surface area contributed by atoms with E-state index in [0.717, 1.165) is 0 Å². The summed E-state index contributed by atoms with van der Waals surface area (Å²) in [6.07, 6.45) is 0. The lowest BCUT2D eigenvalue weighted by Gasteiger charge is -2.11. The molecule has 0 aromatic carbocycles. The average Bonchev–Trinajstić information content (AvgIpc) is 3.46. The molecule has 0 aliphatic carbocycles. The average molecular weight is 461 g/mol. The van der Waals surface area contributed by atoms with Crippen molar-refractivity contribution >= 4 is 40.4 Å². The maximum Gasteiger partial charge on any atom is 0.274 e. The Hall–Kier alpha value is -3.12. The zero-order chi connectivity index (χ0) is 22.3. The van der Waals surface area contributed by atoms with Crippen LogP contribution in [0.1, 0.15) is 92.0 Å². The van der Waals surface area contributed by atoms with Crippen LogP contribution in [0.25, 0.3) is 0 Å². The molecule has 1 aliphatic heterocycles. The van der Waals surface area contributed by atoms with Crippen LogP contribution in [0.2, 0.25) is 0 Å². The molecule has 162 valence electrons. The lowest BCUT2D eigenvalue weighted by molar-refractivity contribution is 0.0924. The molecule has 4 heterocycles. The Morgan fingerprint density at radius 3 is 1.81 bits per heavy atom. The summed E-state index contributed by atoms with van der Waals surface area (Å²) in [6.45, 7) is 6.90. The minimum atomic E-state index is -0.576. The zero-order valence-electron chi connectivity index (χ0n) is 17.2. The van der Waals surface area contributed by atoms with Gasteiger partial charge >= 0.3 is 0 Å². The number of aryl methyl sites for hydroxylation is 1. The lowest BCUT2D eigenvalue weighted by atomic mass is 10.3. The molecule has 0 saturated heterocycles. The van der Waals surface area contributed by atoms with E-state index in [0.29, 0.717) is 15.8 Å². The van der Waals surface area contributed by atoms with Crippen molar-refractivity contribution in [2.75, 3.05) is 0 Å². The van der Waals surface area contributed by atoms with Crippen LogP contribution in [0, 0.1) is 6.92 Å². The summed E-state index contributed by atoms with van der Waals surface area (Å²) in [7, 11) is 0. The number of hydrogen-bond acceptors (Lipinski definition) is 9. The number of nitrogens with one attached hydrogen (secondary N) is 3. The largest absolute Gasteiger partial charge is 0.443 e. The van der Waals surface area contributed by atoms with Gasteiger partial charge in [-0.3, -0.25) is 14.4 Å². The normalized spacial score (nSPS) is 22.2. The molecular weight excluding hydrogens is 440 g/mol. The van der Waals surface area contributed by atoms with Gasteiger partial charge in [0.25, 0.3) is 17.7 Å². The van der Waals surface area contributed by atoms with Gasteiger partial charge in [-0.05, 0) is 27.7 Å². The SMILES string of the molecule is Cc1oc2nc1C(=O)N[C@@H](C)c1nc(cs1)C(=O)N[C@H](C)c1nc(cs1)C(=O)N[C@H]2C. The van der Waals surface area contributed by atoms with Gasteiger partial charge in [0.1, 0.15) is 33.2 Å². The van der Waals surface area contributed by atoms with Crippen LogP contribution in [0.3, 0.4) is 0 Å². The maximum absolute atomic E-state index is 12.7. The molecule has 0 fully saturated rings. The van der Waals surface area contributed by atoms with Crippen molar-refractivity contribution in [2.24, 2.45) is 0 Å². The second-order valence-corrected chi connectivity index (χ2v) is 8.96. The van der Waals surface area contributed by atoms with Gasteiger partial charge in [-0.15, -0.1) is 22.7 Å². The molecule has 0 radical (unpaired) electrons. The topological polar surface area (TPSA) is 139 Å². The van der Waals surface area contributed by atoms with Gasteiger partial charge in [0, 0.05) is 10.8 Å². The molecule has 12 heteroatoms.